The van der Waals surface area contributed by atoms with Crippen molar-refractivity contribution in [3.8, 4) is 0 Å². The molecule has 0 unspecified atom stereocenters. The van der Waals surface area contributed by atoms with E-state index in [0.29, 0.717) is 5.92 Å². The zero-order valence-electron chi connectivity index (χ0n) is 16.9. The summed E-state index contributed by atoms with van der Waals surface area (Å²) in [7, 11) is 0. The molecular weight excluding hydrogens is 312 g/mol. The topological polar surface area (TPSA) is 46.5 Å². The highest BCUT2D eigenvalue weighted by molar-refractivity contribution is 5.66. The van der Waals surface area contributed by atoms with Crippen LogP contribution in [0.1, 0.15) is 80.1 Å². The Labute approximate surface area is 153 Å². The van der Waals surface area contributed by atoms with E-state index in [1.807, 2.05) is 0 Å². The molecule has 2 rings (SSSR count). The van der Waals surface area contributed by atoms with Gasteiger partial charge in [0.15, 0.2) is 0 Å². The van der Waals surface area contributed by atoms with Gasteiger partial charge in [-0.2, -0.15) is 0 Å². The van der Waals surface area contributed by atoms with Crippen molar-refractivity contribution in [1.82, 2.24) is 0 Å². The van der Waals surface area contributed by atoms with E-state index in [4.69, 9.17) is 4.74 Å². The van der Waals surface area contributed by atoms with Crippen molar-refractivity contribution in [3.63, 3.8) is 0 Å². The van der Waals surface area contributed by atoms with Crippen molar-refractivity contribution in [2.75, 3.05) is 0 Å². The summed E-state index contributed by atoms with van der Waals surface area (Å²) in [6.07, 6.45) is 9.90. The fraction of sp³-hybridized carbons (Fsp3) is 0.773. The lowest BCUT2D eigenvalue weighted by Crippen LogP contribution is -2.43. The van der Waals surface area contributed by atoms with Gasteiger partial charge < -0.3 is 9.84 Å². The third kappa shape index (κ3) is 4.55. The van der Waals surface area contributed by atoms with Gasteiger partial charge in [0.25, 0.3) is 0 Å². The molecule has 142 valence electrons. The van der Waals surface area contributed by atoms with E-state index in [-0.39, 0.29) is 23.4 Å². The molecule has 2 aliphatic rings. The highest BCUT2D eigenvalue weighted by atomic mass is 16.5. The molecule has 0 aromatic rings. The lowest BCUT2D eigenvalue weighted by Gasteiger charge is -2.41. The average molecular weight is 349 g/mol. The molecule has 1 saturated carbocycles. The smallest absolute Gasteiger partial charge is 0.303 e. The molecule has 0 aromatic carbocycles. The molecule has 0 aliphatic heterocycles. The number of ether oxygens (including phenoxy) is 1. The summed E-state index contributed by atoms with van der Waals surface area (Å²) in [6.45, 7) is 12.4. The highest BCUT2D eigenvalue weighted by Crippen LogP contribution is 2.56. The number of hydrogen-bond acceptors (Lipinski definition) is 3. The molecular formula is C22H36O3. The predicted molar refractivity (Wildman–Crippen MR) is 102 cm³/mol. The molecule has 0 heterocycles. The van der Waals surface area contributed by atoms with E-state index in [1.165, 1.54) is 18.1 Å². The van der Waals surface area contributed by atoms with Gasteiger partial charge in [0.2, 0.25) is 0 Å². The number of aliphatic hydroxyl groups is 1. The largest absolute Gasteiger partial charge is 0.458 e. The molecule has 0 radical (unpaired) electrons. The Kier molecular flexibility index (Phi) is 6.19. The van der Waals surface area contributed by atoms with Crippen LogP contribution in [0.2, 0.25) is 0 Å². The first kappa shape index (κ1) is 20.2. The van der Waals surface area contributed by atoms with E-state index < -0.39 is 5.60 Å². The minimum Gasteiger partial charge on any atom is -0.458 e. The Balaban J connectivity index is 2.33. The maximum Gasteiger partial charge on any atom is 0.303 e. The van der Waals surface area contributed by atoms with E-state index in [9.17, 15) is 9.90 Å². The number of esters is 1. The Morgan fingerprint density at radius 2 is 1.96 bits per heavy atom. The molecule has 0 aromatic heterocycles. The van der Waals surface area contributed by atoms with E-state index in [2.05, 4.69) is 46.8 Å². The second-order valence-corrected chi connectivity index (χ2v) is 9.01. The van der Waals surface area contributed by atoms with Gasteiger partial charge in [0, 0.05) is 13.3 Å². The van der Waals surface area contributed by atoms with Crippen molar-refractivity contribution in [3.05, 3.63) is 23.3 Å². The van der Waals surface area contributed by atoms with Crippen molar-refractivity contribution < 1.29 is 14.6 Å². The summed E-state index contributed by atoms with van der Waals surface area (Å²) in [5.41, 5.74) is 2.08. The lowest BCUT2D eigenvalue weighted by atomic mass is 9.67. The second-order valence-electron chi connectivity index (χ2n) is 9.01. The van der Waals surface area contributed by atoms with Crippen molar-refractivity contribution in [1.29, 1.82) is 0 Å². The normalized spacial score (nSPS) is 41.1. The minimum absolute atomic E-state index is 0.141. The van der Waals surface area contributed by atoms with Crippen LogP contribution < -0.4 is 0 Å². The molecule has 0 amide bonds. The van der Waals surface area contributed by atoms with Gasteiger partial charge >= 0.3 is 5.97 Å². The quantitative estimate of drug-likeness (QED) is 0.552. The van der Waals surface area contributed by atoms with Crippen LogP contribution in [-0.2, 0) is 9.53 Å². The van der Waals surface area contributed by atoms with Crippen molar-refractivity contribution in [2.45, 2.75) is 91.8 Å². The standard InChI is InChI=1S/C22H36O3/c1-15(2)22(24)12-11-21(6)10-9-17(4)14-19(25-18(5)23)13-16(3)7-8-20(21)22/h9,13,15,19-20,24H,7-8,10-12,14H2,1-6H3/b16-13+,17-9+/t19-,20+,21-,22+/m0/s1. The molecule has 3 nitrogen and oxygen atoms in total. The number of fused-ring (bicyclic) bond motifs is 1. The maximum atomic E-state index is 11.4. The van der Waals surface area contributed by atoms with Gasteiger partial charge in [-0.3, -0.25) is 4.79 Å². The van der Waals surface area contributed by atoms with E-state index in [0.717, 1.165) is 38.5 Å². The second kappa shape index (κ2) is 7.65. The number of carbonyl (C=O) groups excluding carboxylic acids is 1. The number of hydrogen-bond donors (Lipinski definition) is 1. The first-order valence-corrected chi connectivity index (χ1v) is 9.79. The van der Waals surface area contributed by atoms with Gasteiger partial charge in [-0.1, -0.05) is 38.0 Å². The van der Waals surface area contributed by atoms with Gasteiger partial charge in [-0.05, 0) is 69.3 Å². The number of allylic oxidation sites excluding steroid dienone is 2. The minimum atomic E-state index is -0.569. The average Bonchev–Trinajstić information content (AvgIpc) is 2.74. The van der Waals surface area contributed by atoms with Gasteiger partial charge in [0.05, 0.1) is 5.60 Å². The molecule has 4 atom stereocenters. The Morgan fingerprint density at radius 1 is 1.28 bits per heavy atom. The summed E-state index contributed by atoms with van der Waals surface area (Å²) in [6, 6.07) is 0. The summed E-state index contributed by atoms with van der Waals surface area (Å²) >= 11 is 0. The monoisotopic (exact) mass is 348 g/mol. The van der Waals surface area contributed by atoms with Crippen LogP contribution >= 0.6 is 0 Å². The van der Waals surface area contributed by atoms with Crippen LogP contribution in [0.3, 0.4) is 0 Å². The third-order valence-corrected chi connectivity index (χ3v) is 6.60. The van der Waals surface area contributed by atoms with Crippen molar-refractivity contribution in [2.24, 2.45) is 17.3 Å². The SMILES string of the molecule is CC(=O)O[C@H]1/C=C(\C)CC[C@@H]2[C@@](C)(C/C=C(\C)C1)CC[C@@]2(O)C(C)C. The fourth-order valence-corrected chi connectivity index (χ4v) is 4.90. The van der Waals surface area contributed by atoms with Crippen LogP contribution in [0.4, 0.5) is 0 Å². The first-order valence-electron chi connectivity index (χ1n) is 9.79. The predicted octanol–water partition coefficient (Wildman–Crippen LogP) is 5.19. The Bertz CT molecular complexity index is 560. The summed E-state index contributed by atoms with van der Waals surface area (Å²) in [5, 5.41) is 11.4. The summed E-state index contributed by atoms with van der Waals surface area (Å²) in [4.78, 5) is 11.4. The zero-order chi connectivity index (χ0) is 18.8. The molecule has 1 fully saturated rings. The maximum absolute atomic E-state index is 11.4. The van der Waals surface area contributed by atoms with E-state index in [1.54, 1.807) is 0 Å². The van der Waals surface area contributed by atoms with Crippen LogP contribution in [0.5, 0.6) is 0 Å². The number of carbonyl (C=O) groups is 1. The molecule has 3 heteroatoms. The Hall–Kier alpha value is -1.09. The van der Waals surface area contributed by atoms with Crippen LogP contribution in [0, 0.1) is 17.3 Å². The lowest BCUT2D eigenvalue weighted by molar-refractivity contribution is -0.144. The summed E-state index contributed by atoms with van der Waals surface area (Å²) < 4.78 is 5.50. The fourth-order valence-electron chi connectivity index (χ4n) is 4.90. The molecule has 2 aliphatic carbocycles. The first-order chi connectivity index (χ1) is 11.6. The van der Waals surface area contributed by atoms with Crippen LogP contribution in [0.25, 0.3) is 0 Å². The third-order valence-electron chi connectivity index (χ3n) is 6.60. The van der Waals surface area contributed by atoms with Crippen LogP contribution in [-0.4, -0.2) is 22.8 Å². The molecule has 25 heavy (non-hydrogen) atoms. The molecule has 1 N–H and O–H groups in total. The van der Waals surface area contributed by atoms with Gasteiger partial charge in [0.1, 0.15) is 6.10 Å². The molecule has 0 saturated heterocycles. The highest BCUT2D eigenvalue weighted by Gasteiger charge is 2.54. The van der Waals surface area contributed by atoms with Gasteiger partial charge in [-0.25, -0.2) is 0 Å². The zero-order valence-corrected chi connectivity index (χ0v) is 16.9. The molecule has 0 bridgehead atoms. The summed E-state index contributed by atoms with van der Waals surface area (Å²) in [5.74, 6) is 0.347. The number of rotatable bonds is 2. The van der Waals surface area contributed by atoms with Gasteiger partial charge in [-0.15, -0.1) is 0 Å². The van der Waals surface area contributed by atoms with Crippen LogP contribution in [0.15, 0.2) is 23.3 Å². The molecule has 0 spiro atoms. The van der Waals surface area contributed by atoms with E-state index >= 15 is 0 Å². The van der Waals surface area contributed by atoms with Crippen molar-refractivity contribution >= 4 is 5.97 Å². The Morgan fingerprint density at radius 3 is 2.56 bits per heavy atom.